The molecule has 86 valence electrons. The summed E-state index contributed by atoms with van der Waals surface area (Å²) < 4.78 is 5.78. The molecule has 2 nitrogen and oxygen atoms in total. The van der Waals surface area contributed by atoms with E-state index in [1.807, 2.05) is 60.7 Å². The number of benzene rings is 2. The van der Waals surface area contributed by atoms with E-state index in [0.717, 1.165) is 11.1 Å². The summed E-state index contributed by atoms with van der Waals surface area (Å²) in [6.45, 7) is 0.0105. The molecule has 0 aliphatic carbocycles. The molecule has 3 rings (SSSR count). The monoisotopic (exact) mass is 226 g/mol. The van der Waals surface area contributed by atoms with Gasteiger partial charge in [0, 0.05) is 0 Å². The Hall–Kier alpha value is -1.64. The molecule has 0 radical (unpaired) electrons. The summed E-state index contributed by atoms with van der Waals surface area (Å²) in [6.07, 6.45) is -0.0314. The van der Waals surface area contributed by atoms with Crippen LogP contribution in [0.25, 0.3) is 0 Å². The molecule has 0 saturated carbocycles. The van der Waals surface area contributed by atoms with E-state index in [1.54, 1.807) is 0 Å². The van der Waals surface area contributed by atoms with Crippen molar-refractivity contribution < 1.29 is 9.84 Å². The Kier molecular flexibility index (Phi) is 2.46. The van der Waals surface area contributed by atoms with Gasteiger partial charge in [-0.3, -0.25) is 0 Å². The highest BCUT2D eigenvalue weighted by Gasteiger charge is 2.58. The van der Waals surface area contributed by atoms with Crippen molar-refractivity contribution in [1.82, 2.24) is 0 Å². The lowest BCUT2D eigenvalue weighted by Gasteiger charge is -2.09. The highest BCUT2D eigenvalue weighted by atomic mass is 16.6. The van der Waals surface area contributed by atoms with Crippen LogP contribution >= 0.6 is 0 Å². The summed E-state index contributed by atoms with van der Waals surface area (Å²) >= 11 is 0. The lowest BCUT2D eigenvalue weighted by atomic mass is 9.92. The van der Waals surface area contributed by atoms with Gasteiger partial charge in [-0.1, -0.05) is 60.7 Å². The van der Waals surface area contributed by atoms with Gasteiger partial charge in [0.05, 0.1) is 6.61 Å². The van der Waals surface area contributed by atoms with Crippen molar-refractivity contribution in [2.75, 3.05) is 6.61 Å². The number of hydrogen-bond donors (Lipinski definition) is 1. The fraction of sp³-hybridized carbons (Fsp3) is 0.200. The molecule has 1 heterocycles. The average Bonchev–Trinajstić information content (AvgIpc) is 3.17. The summed E-state index contributed by atoms with van der Waals surface area (Å²) in [4.78, 5) is 0. The van der Waals surface area contributed by atoms with Gasteiger partial charge in [-0.05, 0) is 11.1 Å². The number of aliphatic hydroxyl groups is 1. The van der Waals surface area contributed by atoms with E-state index in [4.69, 9.17) is 4.74 Å². The SMILES string of the molecule is OCC1(c2ccccc2)OC1c1ccccc1. The van der Waals surface area contributed by atoms with E-state index < -0.39 is 5.60 Å². The van der Waals surface area contributed by atoms with Gasteiger partial charge in [-0.2, -0.15) is 0 Å². The van der Waals surface area contributed by atoms with E-state index in [1.165, 1.54) is 0 Å². The number of ether oxygens (including phenoxy) is 1. The molecule has 0 spiro atoms. The molecular formula is C15H14O2. The quantitative estimate of drug-likeness (QED) is 0.816. The smallest absolute Gasteiger partial charge is 0.147 e. The van der Waals surface area contributed by atoms with Crippen molar-refractivity contribution in [3.63, 3.8) is 0 Å². The van der Waals surface area contributed by atoms with Crippen LogP contribution in [0.1, 0.15) is 17.2 Å². The fourth-order valence-corrected chi connectivity index (χ4v) is 2.29. The van der Waals surface area contributed by atoms with Crippen molar-refractivity contribution in [3.8, 4) is 0 Å². The summed E-state index contributed by atoms with van der Waals surface area (Å²) in [7, 11) is 0. The van der Waals surface area contributed by atoms with Crippen molar-refractivity contribution in [3.05, 3.63) is 71.8 Å². The van der Waals surface area contributed by atoms with Crippen LogP contribution in [0.5, 0.6) is 0 Å². The molecule has 1 N–H and O–H groups in total. The van der Waals surface area contributed by atoms with Crippen LogP contribution in [0.3, 0.4) is 0 Å². The van der Waals surface area contributed by atoms with Crippen LogP contribution in [0.4, 0.5) is 0 Å². The third kappa shape index (κ3) is 1.66. The zero-order chi connectivity index (χ0) is 11.7. The van der Waals surface area contributed by atoms with E-state index in [2.05, 4.69) is 0 Å². The molecule has 2 atom stereocenters. The van der Waals surface area contributed by atoms with E-state index in [0.29, 0.717) is 0 Å². The molecule has 2 heteroatoms. The predicted octanol–water partition coefficient (Wildman–Crippen LogP) is 2.65. The first-order valence-electron chi connectivity index (χ1n) is 5.76. The number of aliphatic hydroxyl groups excluding tert-OH is 1. The lowest BCUT2D eigenvalue weighted by Crippen LogP contribution is -2.15. The number of epoxide rings is 1. The maximum absolute atomic E-state index is 9.62. The summed E-state index contributed by atoms with van der Waals surface area (Å²) in [5, 5.41) is 9.62. The van der Waals surface area contributed by atoms with Crippen molar-refractivity contribution >= 4 is 0 Å². The van der Waals surface area contributed by atoms with Crippen molar-refractivity contribution in [2.45, 2.75) is 11.7 Å². The van der Waals surface area contributed by atoms with Crippen LogP contribution in [-0.2, 0) is 10.3 Å². The molecule has 1 aliphatic heterocycles. The molecule has 1 fully saturated rings. The fourth-order valence-electron chi connectivity index (χ4n) is 2.29. The number of hydrogen-bond acceptors (Lipinski definition) is 2. The minimum absolute atomic E-state index is 0.0105. The predicted molar refractivity (Wildman–Crippen MR) is 65.5 cm³/mol. The molecule has 0 amide bonds. The second-order valence-electron chi connectivity index (χ2n) is 4.32. The van der Waals surface area contributed by atoms with Crippen molar-refractivity contribution in [2.24, 2.45) is 0 Å². The maximum Gasteiger partial charge on any atom is 0.147 e. The first kappa shape index (κ1) is 10.5. The van der Waals surface area contributed by atoms with Gasteiger partial charge >= 0.3 is 0 Å². The molecule has 2 unspecified atom stereocenters. The normalized spacial score (nSPS) is 26.8. The number of rotatable bonds is 3. The zero-order valence-electron chi connectivity index (χ0n) is 9.41. The highest BCUT2D eigenvalue weighted by Crippen LogP contribution is 2.56. The molecule has 1 aliphatic rings. The largest absolute Gasteiger partial charge is 0.393 e. The second kappa shape index (κ2) is 3.99. The van der Waals surface area contributed by atoms with Gasteiger partial charge in [0.2, 0.25) is 0 Å². The molecule has 1 saturated heterocycles. The van der Waals surface area contributed by atoms with Crippen LogP contribution in [0.2, 0.25) is 0 Å². The van der Waals surface area contributed by atoms with E-state index in [9.17, 15) is 5.11 Å². The molecule has 17 heavy (non-hydrogen) atoms. The summed E-state index contributed by atoms with van der Waals surface area (Å²) in [5.41, 5.74) is 1.62. The van der Waals surface area contributed by atoms with Gasteiger partial charge in [-0.15, -0.1) is 0 Å². The Bertz CT molecular complexity index is 495. The minimum atomic E-state index is -0.539. The van der Waals surface area contributed by atoms with Crippen LogP contribution in [0, 0.1) is 0 Å². The zero-order valence-corrected chi connectivity index (χ0v) is 9.41. The Morgan fingerprint density at radius 2 is 1.53 bits per heavy atom. The Morgan fingerprint density at radius 1 is 0.941 bits per heavy atom. The Balaban J connectivity index is 1.94. The highest BCUT2D eigenvalue weighted by molar-refractivity contribution is 5.35. The molecular weight excluding hydrogens is 212 g/mol. The Labute approximate surface area is 100 Å². The van der Waals surface area contributed by atoms with E-state index >= 15 is 0 Å². The molecule has 2 aromatic rings. The minimum Gasteiger partial charge on any atom is -0.393 e. The van der Waals surface area contributed by atoms with Gasteiger partial charge in [0.15, 0.2) is 0 Å². The van der Waals surface area contributed by atoms with Crippen LogP contribution < -0.4 is 0 Å². The first-order valence-corrected chi connectivity index (χ1v) is 5.76. The van der Waals surface area contributed by atoms with E-state index in [-0.39, 0.29) is 12.7 Å². The van der Waals surface area contributed by atoms with Crippen molar-refractivity contribution in [1.29, 1.82) is 0 Å². The maximum atomic E-state index is 9.62. The lowest BCUT2D eigenvalue weighted by molar-refractivity contribution is 0.172. The first-order chi connectivity index (χ1) is 8.37. The standard InChI is InChI=1S/C15H14O2/c16-11-15(13-9-5-2-6-10-13)14(17-15)12-7-3-1-4-8-12/h1-10,14,16H,11H2. The van der Waals surface area contributed by atoms with Crippen LogP contribution in [0.15, 0.2) is 60.7 Å². The molecule has 0 aromatic heterocycles. The van der Waals surface area contributed by atoms with Gasteiger partial charge in [0.25, 0.3) is 0 Å². The summed E-state index contributed by atoms with van der Waals surface area (Å²) in [6, 6.07) is 19.9. The van der Waals surface area contributed by atoms with Gasteiger partial charge in [-0.25, -0.2) is 0 Å². The Morgan fingerprint density at radius 3 is 2.12 bits per heavy atom. The second-order valence-corrected chi connectivity index (χ2v) is 4.32. The topological polar surface area (TPSA) is 32.8 Å². The molecule has 2 aromatic carbocycles. The third-order valence-electron chi connectivity index (χ3n) is 3.29. The average molecular weight is 226 g/mol. The van der Waals surface area contributed by atoms with Gasteiger partial charge in [0.1, 0.15) is 11.7 Å². The van der Waals surface area contributed by atoms with Crippen LogP contribution in [-0.4, -0.2) is 11.7 Å². The summed E-state index contributed by atoms with van der Waals surface area (Å²) in [5.74, 6) is 0. The molecule has 0 bridgehead atoms. The third-order valence-corrected chi connectivity index (χ3v) is 3.29. The van der Waals surface area contributed by atoms with Gasteiger partial charge < -0.3 is 9.84 Å².